The highest BCUT2D eigenvalue weighted by Crippen LogP contribution is 2.23. The second kappa shape index (κ2) is 5.46. The van der Waals surface area contributed by atoms with Crippen LogP contribution in [0.25, 0.3) is 0 Å². The summed E-state index contributed by atoms with van der Waals surface area (Å²) in [6.45, 7) is 0. The Labute approximate surface area is 89.6 Å². The zero-order valence-electron chi connectivity index (χ0n) is 8.20. The van der Waals surface area contributed by atoms with Crippen LogP contribution >= 0.6 is 12.6 Å². The first-order valence-corrected chi connectivity index (χ1v) is 4.77. The normalized spacial score (nSPS) is 8.79. The van der Waals surface area contributed by atoms with Crippen molar-refractivity contribution < 1.29 is 9.47 Å². The quantitative estimate of drug-likeness (QED) is 0.592. The fourth-order valence-corrected chi connectivity index (χ4v) is 1.12. The van der Waals surface area contributed by atoms with Gasteiger partial charge in [-0.3, -0.25) is 0 Å². The predicted molar refractivity (Wildman–Crippen MR) is 60.3 cm³/mol. The minimum atomic E-state index is 0.537. The third-order valence-electron chi connectivity index (χ3n) is 1.71. The van der Waals surface area contributed by atoms with Crippen molar-refractivity contribution in [2.75, 3.05) is 20.0 Å². The van der Waals surface area contributed by atoms with E-state index in [0.717, 1.165) is 17.1 Å². The van der Waals surface area contributed by atoms with Gasteiger partial charge in [-0.05, 0) is 12.1 Å². The van der Waals surface area contributed by atoms with Crippen molar-refractivity contribution in [2.24, 2.45) is 0 Å². The lowest BCUT2D eigenvalue weighted by Crippen LogP contribution is -1.90. The summed E-state index contributed by atoms with van der Waals surface area (Å²) in [6, 6.07) is 5.53. The van der Waals surface area contributed by atoms with Crippen LogP contribution in [0, 0.1) is 11.8 Å². The molecule has 0 bridgehead atoms. The van der Waals surface area contributed by atoms with Gasteiger partial charge >= 0.3 is 0 Å². The first-order chi connectivity index (χ1) is 6.81. The highest BCUT2D eigenvalue weighted by atomic mass is 32.1. The predicted octanol–water partition coefficient (Wildman–Crippen LogP) is 1.99. The Kier molecular flexibility index (Phi) is 4.21. The van der Waals surface area contributed by atoms with E-state index in [1.807, 2.05) is 18.2 Å². The monoisotopic (exact) mass is 208 g/mol. The molecule has 0 radical (unpaired) electrons. The Balaban J connectivity index is 3.05. The molecule has 0 saturated heterocycles. The number of rotatable bonds is 2. The van der Waals surface area contributed by atoms with Gasteiger partial charge in [-0.25, -0.2) is 0 Å². The molecule has 0 heterocycles. The van der Waals surface area contributed by atoms with Crippen molar-refractivity contribution in [2.45, 2.75) is 0 Å². The summed E-state index contributed by atoms with van der Waals surface area (Å²) < 4.78 is 10.3. The van der Waals surface area contributed by atoms with Gasteiger partial charge in [0.05, 0.1) is 25.5 Å². The van der Waals surface area contributed by atoms with E-state index in [-0.39, 0.29) is 0 Å². The molecule has 0 aliphatic rings. The fraction of sp³-hybridized carbons (Fsp3) is 0.273. The number of methoxy groups -OCH3 is 2. The third-order valence-corrected chi connectivity index (χ3v) is 1.87. The van der Waals surface area contributed by atoms with E-state index in [0.29, 0.717) is 5.75 Å². The standard InChI is InChI=1S/C11H12O2S/c1-12-10-6-5-9(4-3-7-14)11(8-10)13-2/h5-6,8,14H,7H2,1-2H3. The molecule has 1 aromatic carbocycles. The van der Waals surface area contributed by atoms with Crippen molar-refractivity contribution in [1.29, 1.82) is 0 Å². The van der Waals surface area contributed by atoms with Crippen LogP contribution in [-0.4, -0.2) is 20.0 Å². The molecule has 3 heteroatoms. The topological polar surface area (TPSA) is 18.5 Å². The van der Waals surface area contributed by atoms with Crippen molar-refractivity contribution in [3.05, 3.63) is 23.8 Å². The molecule has 0 aliphatic carbocycles. The van der Waals surface area contributed by atoms with Crippen molar-refractivity contribution in [1.82, 2.24) is 0 Å². The molecule has 0 aliphatic heterocycles. The lowest BCUT2D eigenvalue weighted by atomic mass is 10.2. The summed E-state index contributed by atoms with van der Waals surface area (Å²) in [5, 5.41) is 0. The zero-order chi connectivity index (χ0) is 10.4. The molecule has 74 valence electrons. The highest BCUT2D eigenvalue weighted by molar-refractivity contribution is 7.80. The first kappa shape index (κ1) is 10.8. The fourth-order valence-electron chi connectivity index (χ4n) is 1.04. The second-order valence-corrected chi connectivity index (χ2v) is 2.84. The van der Waals surface area contributed by atoms with Gasteiger partial charge in [-0.2, -0.15) is 12.6 Å². The molecule has 0 amide bonds. The number of hydrogen-bond donors (Lipinski definition) is 1. The molecule has 2 nitrogen and oxygen atoms in total. The summed E-state index contributed by atoms with van der Waals surface area (Å²) in [7, 11) is 3.23. The molecule has 0 N–H and O–H groups in total. The molecule has 0 atom stereocenters. The minimum absolute atomic E-state index is 0.537. The summed E-state index contributed by atoms with van der Waals surface area (Å²) in [5.74, 6) is 7.85. The van der Waals surface area contributed by atoms with Crippen LogP contribution in [0.5, 0.6) is 11.5 Å². The molecule has 0 saturated carbocycles. The van der Waals surface area contributed by atoms with E-state index in [2.05, 4.69) is 24.5 Å². The molecular weight excluding hydrogens is 196 g/mol. The maximum atomic E-state index is 5.18. The highest BCUT2D eigenvalue weighted by Gasteiger charge is 2.01. The first-order valence-electron chi connectivity index (χ1n) is 4.13. The van der Waals surface area contributed by atoms with Gasteiger partial charge in [0.25, 0.3) is 0 Å². The van der Waals surface area contributed by atoms with Crippen molar-refractivity contribution in [3.8, 4) is 23.3 Å². The molecule has 0 fully saturated rings. The maximum Gasteiger partial charge on any atom is 0.138 e. The van der Waals surface area contributed by atoms with Crippen LogP contribution in [0.4, 0.5) is 0 Å². The zero-order valence-corrected chi connectivity index (χ0v) is 9.10. The summed E-state index contributed by atoms with van der Waals surface area (Å²) >= 11 is 4.01. The van der Waals surface area contributed by atoms with Gasteiger partial charge in [0.15, 0.2) is 0 Å². The summed E-state index contributed by atoms with van der Waals surface area (Å²) in [4.78, 5) is 0. The van der Waals surface area contributed by atoms with E-state index < -0.39 is 0 Å². The van der Waals surface area contributed by atoms with Crippen molar-refractivity contribution >= 4 is 12.6 Å². The second-order valence-electron chi connectivity index (χ2n) is 2.53. The van der Waals surface area contributed by atoms with Gasteiger partial charge < -0.3 is 9.47 Å². The molecule has 1 rings (SSSR count). The Morgan fingerprint density at radius 2 is 2.07 bits per heavy atom. The van der Waals surface area contributed by atoms with Gasteiger partial charge in [0.2, 0.25) is 0 Å². The Bertz CT molecular complexity index is 363. The van der Waals surface area contributed by atoms with Gasteiger partial charge in [-0.15, -0.1) is 0 Å². The van der Waals surface area contributed by atoms with Crippen molar-refractivity contribution in [3.63, 3.8) is 0 Å². The molecule has 1 aromatic rings. The maximum absolute atomic E-state index is 5.18. The summed E-state index contributed by atoms with van der Waals surface area (Å²) in [6.07, 6.45) is 0. The number of ether oxygens (including phenoxy) is 2. The molecular formula is C11H12O2S. The SMILES string of the molecule is COc1ccc(C#CCS)c(OC)c1. The Morgan fingerprint density at radius 1 is 1.29 bits per heavy atom. The van der Waals surface area contributed by atoms with Crippen LogP contribution in [0.15, 0.2) is 18.2 Å². The van der Waals surface area contributed by atoms with E-state index in [9.17, 15) is 0 Å². The largest absolute Gasteiger partial charge is 0.497 e. The smallest absolute Gasteiger partial charge is 0.138 e. The van der Waals surface area contributed by atoms with Gasteiger partial charge in [0, 0.05) is 6.07 Å². The lowest BCUT2D eigenvalue weighted by molar-refractivity contribution is 0.393. The molecule has 0 aromatic heterocycles. The number of thiol groups is 1. The molecule has 0 unspecified atom stereocenters. The van der Waals surface area contributed by atoms with Crippen LogP contribution < -0.4 is 9.47 Å². The average Bonchev–Trinajstić information content (AvgIpc) is 2.26. The lowest BCUT2D eigenvalue weighted by Gasteiger charge is -2.05. The van der Waals surface area contributed by atoms with Crippen LogP contribution in [0.1, 0.15) is 5.56 Å². The number of benzene rings is 1. The van der Waals surface area contributed by atoms with Gasteiger partial charge in [-0.1, -0.05) is 11.8 Å². The van der Waals surface area contributed by atoms with E-state index in [4.69, 9.17) is 9.47 Å². The number of hydrogen-bond acceptors (Lipinski definition) is 3. The third kappa shape index (κ3) is 2.61. The van der Waals surface area contributed by atoms with E-state index >= 15 is 0 Å². The van der Waals surface area contributed by atoms with Crippen LogP contribution in [0.3, 0.4) is 0 Å². The summed E-state index contributed by atoms with van der Waals surface area (Å²) in [5.41, 5.74) is 0.849. The van der Waals surface area contributed by atoms with Gasteiger partial charge in [0.1, 0.15) is 11.5 Å². The molecule has 14 heavy (non-hydrogen) atoms. The Morgan fingerprint density at radius 3 is 2.64 bits per heavy atom. The molecule has 0 spiro atoms. The van der Waals surface area contributed by atoms with Crippen LogP contribution in [-0.2, 0) is 0 Å². The Hall–Kier alpha value is -1.27. The average molecular weight is 208 g/mol. The minimum Gasteiger partial charge on any atom is -0.497 e. The van der Waals surface area contributed by atoms with E-state index in [1.165, 1.54) is 0 Å². The van der Waals surface area contributed by atoms with E-state index in [1.54, 1.807) is 14.2 Å². The van der Waals surface area contributed by atoms with Crippen LogP contribution in [0.2, 0.25) is 0 Å².